The zero-order chi connectivity index (χ0) is 17.6. The molecule has 0 radical (unpaired) electrons. The van der Waals surface area contributed by atoms with E-state index in [1.807, 2.05) is 4.90 Å². The van der Waals surface area contributed by atoms with Crippen LogP contribution in [0.3, 0.4) is 0 Å². The molecular formula is C17H21FN4OS2. The number of aromatic nitrogens is 2. The van der Waals surface area contributed by atoms with Crippen molar-refractivity contribution in [2.45, 2.75) is 30.5 Å². The molecule has 8 heteroatoms. The van der Waals surface area contributed by atoms with E-state index in [0.29, 0.717) is 26.8 Å². The fourth-order valence-electron chi connectivity index (χ4n) is 2.41. The third-order valence-electron chi connectivity index (χ3n) is 3.86. The van der Waals surface area contributed by atoms with E-state index in [-0.39, 0.29) is 11.7 Å². The third-order valence-corrected chi connectivity index (χ3v) is 5.82. The molecule has 134 valence electrons. The van der Waals surface area contributed by atoms with E-state index in [1.54, 1.807) is 18.2 Å². The Labute approximate surface area is 155 Å². The van der Waals surface area contributed by atoms with E-state index >= 15 is 0 Å². The van der Waals surface area contributed by atoms with Crippen molar-refractivity contribution in [3.63, 3.8) is 0 Å². The summed E-state index contributed by atoms with van der Waals surface area (Å²) < 4.78 is 14.3. The number of thioether (sulfide) groups is 1. The maximum absolute atomic E-state index is 13.6. The number of amides is 1. The maximum atomic E-state index is 13.6. The highest BCUT2D eigenvalue weighted by atomic mass is 32.2. The molecule has 1 saturated carbocycles. The van der Waals surface area contributed by atoms with Crippen molar-refractivity contribution >= 4 is 39.8 Å². The summed E-state index contributed by atoms with van der Waals surface area (Å²) >= 11 is 2.71. The molecule has 2 aromatic rings. The summed E-state index contributed by atoms with van der Waals surface area (Å²) in [5.74, 6) is 0.870. The second kappa shape index (κ2) is 8.62. The first-order valence-electron chi connectivity index (χ1n) is 8.41. The average Bonchev–Trinajstić information content (AvgIpc) is 3.31. The molecule has 0 aliphatic heterocycles. The quantitative estimate of drug-likeness (QED) is 0.662. The highest BCUT2D eigenvalue weighted by molar-refractivity contribution is 8.01. The van der Waals surface area contributed by atoms with Crippen molar-refractivity contribution < 1.29 is 9.18 Å². The summed E-state index contributed by atoms with van der Waals surface area (Å²) in [5, 5.41) is 11.5. The summed E-state index contributed by atoms with van der Waals surface area (Å²) in [6.45, 7) is 3.78. The second-order valence-corrected chi connectivity index (χ2v) is 8.25. The molecular weight excluding hydrogens is 359 g/mol. The van der Waals surface area contributed by atoms with Crippen molar-refractivity contribution in [1.82, 2.24) is 15.1 Å². The molecule has 1 aromatic carbocycles. The van der Waals surface area contributed by atoms with E-state index < -0.39 is 0 Å². The Hall–Kier alpha value is -1.67. The molecule has 1 N–H and O–H groups in total. The minimum absolute atomic E-state index is 0.151. The molecule has 1 aliphatic carbocycles. The minimum atomic E-state index is -0.336. The number of nitrogens with one attached hydrogen (secondary N) is 1. The maximum Gasteiger partial charge on any atom is 0.233 e. The van der Waals surface area contributed by atoms with Gasteiger partial charge in [0, 0.05) is 13.1 Å². The van der Waals surface area contributed by atoms with Crippen LogP contribution in [0.15, 0.2) is 28.6 Å². The van der Waals surface area contributed by atoms with Gasteiger partial charge in [0.15, 0.2) is 4.34 Å². The first kappa shape index (κ1) is 18.1. The number of benzene rings is 1. The van der Waals surface area contributed by atoms with Gasteiger partial charge in [0.2, 0.25) is 11.0 Å². The van der Waals surface area contributed by atoms with Gasteiger partial charge in [-0.15, -0.1) is 10.2 Å². The molecule has 1 fully saturated rings. The van der Waals surface area contributed by atoms with Crippen molar-refractivity contribution in [3.05, 3.63) is 30.1 Å². The van der Waals surface area contributed by atoms with Gasteiger partial charge < -0.3 is 10.2 Å². The Balaban J connectivity index is 1.52. The van der Waals surface area contributed by atoms with Crippen molar-refractivity contribution in [3.8, 4) is 0 Å². The predicted molar refractivity (Wildman–Crippen MR) is 99.9 cm³/mol. The summed E-state index contributed by atoms with van der Waals surface area (Å²) in [5.41, 5.74) is 0.366. The van der Waals surface area contributed by atoms with E-state index in [4.69, 9.17) is 0 Å². The smallest absolute Gasteiger partial charge is 0.233 e. The zero-order valence-corrected chi connectivity index (χ0v) is 15.7. The van der Waals surface area contributed by atoms with Crippen LogP contribution >= 0.6 is 23.1 Å². The third kappa shape index (κ3) is 5.40. The van der Waals surface area contributed by atoms with Gasteiger partial charge in [-0.3, -0.25) is 4.79 Å². The lowest BCUT2D eigenvalue weighted by molar-refractivity contribution is -0.128. The monoisotopic (exact) mass is 380 g/mol. The van der Waals surface area contributed by atoms with Crippen LogP contribution in [0.5, 0.6) is 0 Å². The molecule has 5 nitrogen and oxygen atoms in total. The lowest BCUT2D eigenvalue weighted by atomic mass is 10.3. The van der Waals surface area contributed by atoms with Crippen LogP contribution in [0.1, 0.15) is 26.2 Å². The van der Waals surface area contributed by atoms with Gasteiger partial charge >= 0.3 is 0 Å². The fourth-order valence-corrected chi connectivity index (χ4v) is 4.08. The molecule has 1 amide bonds. The van der Waals surface area contributed by atoms with Crippen molar-refractivity contribution in [1.29, 1.82) is 0 Å². The molecule has 0 saturated heterocycles. The zero-order valence-electron chi connectivity index (χ0n) is 14.1. The van der Waals surface area contributed by atoms with Gasteiger partial charge in [0.25, 0.3) is 0 Å². The van der Waals surface area contributed by atoms with Crippen LogP contribution in [-0.2, 0) is 4.79 Å². The minimum Gasteiger partial charge on any atom is -0.342 e. The molecule has 3 rings (SSSR count). The van der Waals surface area contributed by atoms with Gasteiger partial charge in [0.1, 0.15) is 5.82 Å². The van der Waals surface area contributed by atoms with Crippen LogP contribution in [0.4, 0.5) is 15.2 Å². The van der Waals surface area contributed by atoms with Crippen LogP contribution in [0.25, 0.3) is 0 Å². The molecule has 0 spiro atoms. The lowest BCUT2D eigenvalue weighted by Crippen LogP contribution is -2.34. The number of carbonyl (C=O) groups is 1. The normalized spacial score (nSPS) is 13.7. The highest BCUT2D eigenvalue weighted by Crippen LogP contribution is 2.31. The number of para-hydroxylation sites is 1. The molecule has 1 aromatic heterocycles. The summed E-state index contributed by atoms with van der Waals surface area (Å²) in [6.07, 6.45) is 3.45. The molecule has 0 atom stereocenters. The van der Waals surface area contributed by atoms with Gasteiger partial charge in [-0.1, -0.05) is 42.2 Å². The van der Waals surface area contributed by atoms with Crippen molar-refractivity contribution in [2.24, 2.45) is 5.92 Å². The summed E-state index contributed by atoms with van der Waals surface area (Å²) in [6, 6.07) is 6.42. The highest BCUT2D eigenvalue weighted by Gasteiger charge is 2.26. The number of nitrogens with zero attached hydrogens (tertiary/aromatic N) is 3. The van der Waals surface area contributed by atoms with E-state index in [2.05, 4.69) is 22.4 Å². The Kier molecular flexibility index (Phi) is 6.25. The SMILES string of the molecule is CCCN(CC1CC1)C(=O)CSc1nnc(Nc2ccccc2F)s1. The summed E-state index contributed by atoms with van der Waals surface area (Å²) in [7, 11) is 0. The predicted octanol–water partition coefficient (Wildman–Crippen LogP) is 4.16. The number of carbonyl (C=O) groups excluding carboxylic acids is 1. The van der Waals surface area contributed by atoms with Crippen LogP contribution in [0.2, 0.25) is 0 Å². The Morgan fingerprint density at radius 2 is 2.20 bits per heavy atom. The van der Waals surface area contributed by atoms with E-state index in [0.717, 1.165) is 19.5 Å². The molecule has 25 heavy (non-hydrogen) atoms. The number of anilines is 2. The van der Waals surface area contributed by atoms with Crippen LogP contribution in [-0.4, -0.2) is 39.8 Å². The van der Waals surface area contributed by atoms with Gasteiger partial charge in [-0.05, 0) is 37.3 Å². The van der Waals surface area contributed by atoms with Crippen LogP contribution in [0, 0.1) is 11.7 Å². The van der Waals surface area contributed by atoms with Gasteiger partial charge in [-0.25, -0.2) is 4.39 Å². The average molecular weight is 381 g/mol. The van der Waals surface area contributed by atoms with Crippen LogP contribution < -0.4 is 5.32 Å². The summed E-state index contributed by atoms with van der Waals surface area (Å²) in [4.78, 5) is 14.4. The number of hydrogen-bond donors (Lipinski definition) is 1. The Bertz CT molecular complexity index is 720. The van der Waals surface area contributed by atoms with E-state index in [9.17, 15) is 9.18 Å². The molecule has 1 aliphatic rings. The lowest BCUT2D eigenvalue weighted by Gasteiger charge is -2.21. The molecule has 0 unspecified atom stereocenters. The fraction of sp³-hybridized carbons (Fsp3) is 0.471. The Morgan fingerprint density at radius 1 is 1.40 bits per heavy atom. The second-order valence-electron chi connectivity index (χ2n) is 6.05. The Morgan fingerprint density at radius 3 is 2.92 bits per heavy atom. The molecule has 1 heterocycles. The van der Waals surface area contributed by atoms with Gasteiger partial charge in [0.05, 0.1) is 11.4 Å². The van der Waals surface area contributed by atoms with Gasteiger partial charge in [-0.2, -0.15) is 0 Å². The topological polar surface area (TPSA) is 58.1 Å². The first-order chi connectivity index (χ1) is 12.2. The first-order valence-corrected chi connectivity index (χ1v) is 10.2. The number of hydrogen-bond acceptors (Lipinski definition) is 6. The number of rotatable bonds is 9. The largest absolute Gasteiger partial charge is 0.342 e. The van der Waals surface area contributed by atoms with Crippen molar-refractivity contribution in [2.75, 3.05) is 24.2 Å². The number of halogens is 1. The van der Waals surface area contributed by atoms with E-state index in [1.165, 1.54) is 42.0 Å². The molecule has 0 bridgehead atoms. The standard InChI is InChI=1S/C17H21FN4OS2/c1-2-9-22(10-12-7-8-12)15(23)11-24-17-21-20-16(25-17)19-14-6-4-3-5-13(14)18/h3-6,12H,2,7-11H2,1H3,(H,19,20).